The molecule has 0 heterocycles. The minimum absolute atomic E-state index is 0.167. The lowest BCUT2D eigenvalue weighted by molar-refractivity contribution is -0.158. The van der Waals surface area contributed by atoms with Gasteiger partial charge in [-0.15, -0.1) is 0 Å². The van der Waals surface area contributed by atoms with Gasteiger partial charge in [-0.1, -0.05) is 162 Å². The fraction of sp³-hybridized carbons (Fsp3) is 0.941. The standard InChI is InChI=1S/C34H66O4/c1-4-6-8-10-12-14-15-16-17-18-19-20-21-22-24-26-28-30-34(36)38-32(3)31-37-33(35)29-27-25-23-13-11-9-7-5-2/h32H,4-31H2,1-3H3/t32-/m0/s1. The van der Waals surface area contributed by atoms with Crippen molar-refractivity contribution in [3.63, 3.8) is 0 Å². The molecule has 0 rings (SSSR count). The summed E-state index contributed by atoms with van der Waals surface area (Å²) in [5.41, 5.74) is 0. The SMILES string of the molecule is CCCCCCCCCCCCCCCCCCCC(=O)O[C@@H](C)COC(=O)CCCCCCCCCC. The molecule has 0 bridgehead atoms. The number of hydrogen-bond acceptors (Lipinski definition) is 4. The average molecular weight is 539 g/mol. The molecule has 0 saturated carbocycles. The lowest BCUT2D eigenvalue weighted by atomic mass is 10.0. The number of rotatable bonds is 30. The lowest BCUT2D eigenvalue weighted by Gasteiger charge is -2.13. The van der Waals surface area contributed by atoms with Gasteiger partial charge in [-0.25, -0.2) is 0 Å². The third-order valence-corrected chi connectivity index (χ3v) is 7.53. The molecule has 0 aromatic heterocycles. The van der Waals surface area contributed by atoms with Crippen molar-refractivity contribution in [3.05, 3.63) is 0 Å². The summed E-state index contributed by atoms with van der Waals surface area (Å²) in [6.07, 6.45) is 32.9. The Balaban J connectivity index is 3.38. The summed E-state index contributed by atoms with van der Waals surface area (Å²) in [7, 11) is 0. The number of carbonyl (C=O) groups is 2. The predicted molar refractivity (Wildman–Crippen MR) is 163 cm³/mol. The zero-order valence-electron chi connectivity index (χ0n) is 26.0. The van der Waals surface area contributed by atoms with Gasteiger partial charge in [0, 0.05) is 12.8 Å². The second kappa shape index (κ2) is 30.5. The van der Waals surface area contributed by atoms with Crippen LogP contribution in [0.5, 0.6) is 0 Å². The highest BCUT2D eigenvalue weighted by Gasteiger charge is 2.12. The number of unbranched alkanes of at least 4 members (excludes halogenated alkanes) is 23. The molecular formula is C34H66O4. The van der Waals surface area contributed by atoms with E-state index in [1.807, 2.05) is 0 Å². The van der Waals surface area contributed by atoms with Crippen molar-refractivity contribution in [2.24, 2.45) is 0 Å². The van der Waals surface area contributed by atoms with Crippen molar-refractivity contribution >= 4 is 11.9 Å². The van der Waals surface area contributed by atoms with Crippen LogP contribution in [0.25, 0.3) is 0 Å². The van der Waals surface area contributed by atoms with Crippen LogP contribution < -0.4 is 0 Å². The molecule has 226 valence electrons. The van der Waals surface area contributed by atoms with Crippen LogP contribution in [0, 0.1) is 0 Å². The van der Waals surface area contributed by atoms with E-state index in [1.165, 1.54) is 135 Å². The van der Waals surface area contributed by atoms with E-state index in [-0.39, 0.29) is 24.6 Å². The Bertz CT molecular complexity index is 505. The molecule has 0 aliphatic heterocycles. The van der Waals surface area contributed by atoms with E-state index in [9.17, 15) is 9.59 Å². The first kappa shape index (κ1) is 36.9. The van der Waals surface area contributed by atoms with E-state index >= 15 is 0 Å². The minimum atomic E-state index is -0.365. The smallest absolute Gasteiger partial charge is 0.306 e. The molecule has 0 aliphatic carbocycles. The Kier molecular flexibility index (Phi) is 29.6. The summed E-state index contributed by atoms with van der Waals surface area (Å²) in [5.74, 6) is -0.343. The highest BCUT2D eigenvalue weighted by molar-refractivity contribution is 5.70. The molecule has 0 amide bonds. The fourth-order valence-corrected chi connectivity index (χ4v) is 5.00. The molecule has 4 heteroatoms. The maximum absolute atomic E-state index is 12.0. The van der Waals surface area contributed by atoms with Crippen molar-refractivity contribution < 1.29 is 19.1 Å². The maximum Gasteiger partial charge on any atom is 0.306 e. The van der Waals surface area contributed by atoms with Crippen LogP contribution in [-0.2, 0) is 19.1 Å². The topological polar surface area (TPSA) is 52.6 Å². The van der Waals surface area contributed by atoms with Crippen molar-refractivity contribution in [2.75, 3.05) is 6.61 Å². The molecule has 0 saturated heterocycles. The van der Waals surface area contributed by atoms with E-state index in [2.05, 4.69) is 13.8 Å². The van der Waals surface area contributed by atoms with Crippen LogP contribution in [0.4, 0.5) is 0 Å². The Morgan fingerprint density at radius 3 is 1.08 bits per heavy atom. The molecule has 0 aliphatic rings. The van der Waals surface area contributed by atoms with Crippen molar-refractivity contribution in [1.82, 2.24) is 0 Å². The summed E-state index contributed by atoms with van der Waals surface area (Å²) < 4.78 is 10.7. The normalized spacial score (nSPS) is 12.0. The van der Waals surface area contributed by atoms with Gasteiger partial charge in [-0.05, 0) is 19.8 Å². The lowest BCUT2D eigenvalue weighted by Crippen LogP contribution is -2.22. The molecule has 0 aromatic carbocycles. The summed E-state index contributed by atoms with van der Waals surface area (Å²) in [4.78, 5) is 23.9. The summed E-state index contributed by atoms with van der Waals surface area (Å²) in [5, 5.41) is 0. The van der Waals surface area contributed by atoms with Gasteiger partial charge in [0.2, 0.25) is 0 Å². The van der Waals surface area contributed by atoms with Gasteiger partial charge in [0.05, 0.1) is 0 Å². The van der Waals surface area contributed by atoms with Crippen molar-refractivity contribution in [3.8, 4) is 0 Å². The number of ether oxygens (including phenoxy) is 2. The van der Waals surface area contributed by atoms with Gasteiger partial charge >= 0.3 is 11.9 Å². The number of hydrogen-bond donors (Lipinski definition) is 0. The first-order chi connectivity index (χ1) is 18.6. The third-order valence-electron chi connectivity index (χ3n) is 7.53. The van der Waals surface area contributed by atoms with Gasteiger partial charge < -0.3 is 9.47 Å². The second-order valence-corrected chi connectivity index (χ2v) is 11.6. The Labute approximate surface area is 237 Å². The number of carbonyl (C=O) groups excluding carboxylic acids is 2. The molecule has 0 radical (unpaired) electrons. The van der Waals surface area contributed by atoms with Gasteiger partial charge in [-0.3, -0.25) is 9.59 Å². The molecule has 0 unspecified atom stereocenters. The molecule has 0 N–H and O–H groups in total. The monoisotopic (exact) mass is 538 g/mol. The summed E-state index contributed by atoms with van der Waals surface area (Å²) >= 11 is 0. The van der Waals surface area contributed by atoms with Crippen LogP contribution in [-0.4, -0.2) is 24.6 Å². The summed E-state index contributed by atoms with van der Waals surface area (Å²) in [6, 6.07) is 0. The molecule has 4 nitrogen and oxygen atoms in total. The van der Waals surface area contributed by atoms with Crippen LogP contribution in [0.3, 0.4) is 0 Å². The second-order valence-electron chi connectivity index (χ2n) is 11.6. The van der Waals surface area contributed by atoms with Gasteiger partial charge in [-0.2, -0.15) is 0 Å². The third kappa shape index (κ3) is 29.5. The van der Waals surface area contributed by atoms with E-state index in [0.29, 0.717) is 12.8 Å². The zero-order valence-corrected chi connectivity index (χ0v) is 26.0. The van der Waals surface area contributed by atoms with Crippen LogP contribution in [0.2, 0.25) is 0 Å². The van der Waals surface area contributed by atoms with Crippen molar-refractivity contribution in [2.45, 2.75) is 200 Å². The maximum atomic E-state index is 12.0. The highest BCUT2D eigenvalue weighted by Crippen LogP contribution is 2.15. The Morgan fingerprint density at radius 2 is 0.737 bits per heavy atom. The first-order valence-corrected chi connectivity index (χ1v) is 16.9. The number of esters is 2. The quantitative estimate of drug-likeness (QED) is 0.0674. The average Bonchev–Trinajstić information content (AvgIpc) is 2.90. The minimum Gasteiger partial charge on any atom is -0.462 e. The molecule has 38 heavy (non-hydrogen) atoms. The fourth-order valence-electron chi connectivity index (χ4n) is 5.00. The van der Waals surface area contributed by atoms with Crippen LogP contribution in [0.15, 0.2) is 0 Å². The predicted octanol–water partition coefficient (Wildman–Crippen LogP) is 11.0. The molecule has 0 fully saturated rings. The largest absolute Gasteiger partial charge is 0.462 e. The molecule has 0 aromatic rings. The van der Waals surface area contributed by atoms with E-state index in [4.69, 9.17) is 9.47 Å². The van der Waals surface area contributed by atoms with Gasteiger partial charge in [0.25, 0.3) is 0 Å². The summed E-state index contributed by atoms with van der Waals surface area (Å²) in [6.45, 7) is 6.48. The van der Waals surface area contributed by atoms with Crippen LogP contribution >= 0.6 is 0 Å². The molecule has 0 spiro atoms. The van der Waals surface area contributed by atoms with Crippen molar-refractivity contribution in [1.29, 1.82) is 0 Å². The van der Waals surface area contributed by atoms with Gasteiger partial charge in [0.15, 0.2) is 0 Å². The molecular weight excluding hydrogens is 472 g/mol. The Hall–Kier alpha value is -1.06. The molecule has 1 atom stereocenters. The van der Waals surface area contributed by atoms with E-state index in [1.54, 1.807) is 6.92 Å². The first-order valence-electron chi connectivity index (χ1n) is 16.9. The van der Waals surface area contributed by atoms with Gasteiger partial charge in [0.1, 0.15) is 12.7 Å². The van der Waals surface area contributed by atoms with E-state index < -0.39 is 0 Å². The van der Waals surface area contributed by atoms with E-state index in [0.717, 1.165) is 25.7 Å². The van der Waals surface area contributed by atoms with Crippen LogP contribution in [0.1, 0.15) is 194 Å². The zero-order chi connectivity index (χ0) is 27.9. The Morgan fingerprint density at radius 1 is 0.447 bits per heavy atom. The highest BCUT2D eigenvalue weighted by atomic mass is 16.6.